The summed E-state index contributed by atoms with van der Waals surface area (Å²) in [6.07, 6.45) is 0. The van der Waals surface area contributed by atoms with Gasteiger partial charge >= 0.3 is 10.1 Å². The number of rotatable bonds is 5. The zero-order valence-electron chi connectivity index (χ0n) is 8.50. The normalized spacial score (nSPS) is 10.9. The summed E-state index contributed by atoms with van der Waals surface area (Å²) in [7, 11) is -4.02. The number of non-ortho nitro benzene ring substituents is 1. The van der Waals surface area contributed by atoms with Crippen LogP contribution in [0.5, 0.6) is 0 Å². The van der Waals surface area contributed by atoms with Gasteiger partial charge in [0.25, 0.3) is 5.69 Å². The molecular formula is C9H8ClNO5S. The predicted molar refractivity (Wildman–Crippen MR) is 61.2 cm³/mol. The van der Waals surface area contributed by atoms with E-state index in [4.69, 9.17) is 11.6 Å². The van der Waals surface area contributed by atoms with E-state index in [1.54, 1.807) is 0 Å². The number of halogens is 1. The summed E-state index contributed by atoms with van der Waals surface area (Å²) in [5.41, 5.74) is -0.208. The van der Waals surface area contributed by atoms with Crippen molar-refractivity contribution in [3.63, 3.8) is 0 Å². The molecule has 6 nitrogen and oxygen atoms in total. The van der Waals surface area contributed by atoms with Crippen LogP contribution in [0.4, 0.5) is 5.69 Å². The summed E-state index contributed by atoms with van der Waals surface area (Å²) >= 11 is 5.33. The number of nitro benzene ring substituents is 1. The SMILES string of the molecule is C=C(CCl)OS(=O)(=O)c1ccc([N+](=O)[O-])cc1. The van der Waals surface area contributed by atoms with E-state index >= 15 is 0 Å². The average Bonchev–Trinajstić information content (AvgIpc) is 2.28. The first-order valence-electron chi connectivity index (χ1n) is 4.29. The molecular weight excluding hydrogens is 270 g/mol. The first-order valence-corrected chi connectivity index (χ1v) is 6.24. The summed E-state index contributed by atoms with van der Waals surface area (Å²) in [4.78, 5) is 9.55. The van der Waals surface area contributed by atoms with Gasteiger partial charge in [0.05, 0.1) is 10.8 Å². The van der Waals surface area contributed by atoms with E-state index in [9.17, 15) is 18.5 Å². The molecule has 0 amide bonds. The minimum atomic E-state index is -4.02. The smallest absolute Gasteiger partial charge is 0.338 e. The maximum absolute atomic E-state index is 11.6. The lowest BCUT2D eigenvalue weighted by Crippen LogP contribution is -2.06. The second-order valence-electron chi connectivity index (χ2n) is 2.96. The molecule has 0 heterocycles. The monoisotopic (exact) mass is 277 g/mol. The maximum atomic E-state index is 11.6. The van der Waals surface area contributed by atoms with Gasteiger partial charge in [0.2, 0.25) is 0 Å². The van der Waals surface area contributed by atoms with Gasteiger partial charge < -0.3 is 4.18 Å². The number of benzene rings is 1. The number of hydrogen-bond donors (Lipinski definition) is 0. The van der Waals surface area contributed by atoms with Crippen LogP contribution >= 0.6 is 11.6 Å². The third-order valence-corrected chi connectivity index (χ3v) is 3.32. The van der Waals surface area contributed by atoms with E-state index in [1.807, 2.05) is 0 Å². The number of nitro groups is 1. The molecule has 0 fully saturated rings. The minimum Gasteiger partial charge on any atom is -0.383 e. The molecule has 0 aliphatic rings. The fraction of sp³-hybridized carbons (Fsp3) is 0.111. The first-order chi connectivity index (χ1) is 7.86. The van der Waals surface area contributed by atoms with Crippen LogP contribution in [0.2, 0.25) is 0 Å². The number of hydrogen-bond acceptors (Lipinski definition) is 5. The van der Waals surface area contributed by atoms with Crippen molar-refractivity contribution in [1.29, 1.82) is 0 Å². The van der Waals surface area contributed by atoms with Gasteiger partial charge in [-0.2, -0.15) is 8.42 Å². The summed E-state index contributed by atoms with van der Waals surface area (Å²) in [5, 5.41) is 10.4. The van der Waals surface area contributed by atoms with Crippen LogP contribution in [0.1, 0.15) is 0 Å². The van der Waals surface area contributed by atoms with Gasteiger partial charge in [-0.1, -0.05) is 6.58 Å². The lowest BCUT2D eigenvalue weighted by molar-refractivity contribution is -0.384. The van der Waals surface area contributed by atoms with Crippen molar-refractivity contribution in [2.45, 2.75) is 4.90 Å². The molecule has 0 saturated carbocycles. The second-order valence-corrected chi connectivity index (χ2v) is 4.77. The molecule has 1 aromatic rings. The quantitative estimate of drug-likeness (QED) is 0.270. The van der Waals surface area contributed by atoms with E-state index in [0.29, 0.717) is 0 Å². The van der Waals surface area contributed by atoms with Crippen molar-refractivity contribution >= 4 is 27.4 Å². The van der Waals surface area contributed by atoms with E-state index in [0.717, 1.165) is 24.3 Å². The molecule has 0 spiro atoms. The van der Waals surface area contributed by atoms with Gasteiger partial charge in [-0.3, -0.25) is 10.1 Å². The van der Waals surface area contributed by atoms with Crippen LogP contribution in [-0.4, -0.2) is 19.2 Å². The van der Waals surface area contributed by atoms with Crippen LogP contribution in [0.25, 0.3) is 0 Å². The van der Waals surface area contributed by atoms with Crippen molar-refractivity contribution in [3.05, 3.63) is 46.7 Å². The van der Waals surface area contributed by atoms with Gasteiger partial charge in [-0.05, 0) is 12.1 Å². The Morgan fingerprint density at radius 1 is 1.41 bits per heavy atom. The fourth-order valence-electron chi connectivity index (χ4n) is 0.960. The first kappa shape index (κ1) is 13.5. The standard InChI is InChI=1S/C9H8ClNO5S/c1-7(6-10)16-17(14,15)9-4-2-8(3-5-9)11(12)13/h2-5H,1,6H2. The van der Waals surface area contributed by atoms with Crippen molar-refractivity contribution < 1.29 is 17.5 Å². The van der Waals surface area contributed by atoms with Crippen LogP contribution in [-0.2, 0) is 14.3 Å². The molecule has 92 valence electrons. The Labute approximate surface area is 103 Å². The highest BCUT2D eigenvalue weighted by atomic mass is 35.5. The number of nitrogens with zero attached hydrogens (tertiary/aromatic N) is 1. The third kappa shape index (κ3) is 3.43. The molecule has 8 heteroatoms. The van der Waals surface area contributed by atoms with Gasteiger partial charge in [-0.25, -0.2) is 0 Å². The van der Waals surface area contributed by atoms with Crippen LogP contribution in [0.15, 0.2) is 41.5 Å². The summed E-state index contributed by atoms with van der Waals surface area (Å²) < 4.78 is 27.7. The molecule has 0 atom stereocenters. The topological polar surface area (TPSA) is 86.5 Å². The molecule has 0 saturated heterocycles. The summed E-state index contributed by atoms with van der Waals surface area (Å²) in [6.45, 7) is 3.29. The Morgan fingerprint density at radius 3 is 2.35 bits per heavy atom. The Bertz CT molecular complexity index is 537. The highest BCUT2D eigenvalue weighted by Crippen LogP contribution is 2.19. The van der Waals surface area contributed by atoms with Crippen molar-refractivity contribution in [3.8, 4) is 0 Å². The van der Waals surface area contributed by atoms with E-state index in [-0.39, 0.29) is 22.2 Å². The molecule has 0 aliphatic heterocycles. The molecule has 0 aromatic heterocycles. The fourth-order valence-corrected chi connectivity index (χ4v) is 2.01. The molecule has 1 aromatic carbocycles. The van der Waals surface area contributed by atoms with E-state index in [2.05, 4.69) is 10.8 Å². The molecule has 0 unspecified atom stereocenters. The van der Waals surface area contributed by atoms with Crippen molar-refractivity contribution in [2.24, 2.45) is 0 Å². The number of alkyl halides is 1. The Kier molecular flexibility index (Phi) is 4.08. The molecule has 0 bridgehead atoms. The third-order valence-electron chi connectivity index (χ3n) is 1.71. The molecule has 0 N–H and O–H groups in total. The van der Waals surface area contributed by atoms with Gasteiger partial charge in [0.1, 0.15) is 10.7 Å². The lowest BCUT2D eigenvalue weighted by atomic mass is 10.3. The summed E-state index contributed by atoms with van der Waals surface area (Å²) in [5.74, 6) is -0.281. The van der Waals surface area contributed by atoms with Crippen LogP contribution in [0, 0.1) is 10.1 Å². The molecule has 17 heavy (non-hydrogen) atoms. The van der Waals surface area contributed by atoms with Gasteiger partial charge in [0.15, 0.2) is 0 Å². The van der Waals surface area contributed by atoms with Crippen molar-refractivity contribution in [1.82, 2.24) is 0 Å². The highest BCUT2D eigenvalue weighted by Gasteiger charge is 2.18. The second kappa shape index (κ2) is 5.15. The highest BCUT2D eigenvalue weighted by molar-refractivity contribution is 7.86. The average molecular weight is 278 g/mol. The van der Waals surface area contributed by atoms with Crippen LogP contribution < -0.4 is 0 Å². The van der Waals surface area contributed by atoms with Crippen LogP contribution in [0.3, 0.4) is 0 Å². The zero-order valence-corrected chi connectivity index (χ0v) is 10.1. The molecule has 1 rings (SSSR count). The predicted octanol–water partition coefficient (Wildman–Crippen LogP) is 2.05. The van der Waals surface area contributed by atoms with Gasteiger partial charge in [-0.15, -0.1) is 11.6 Å². The Hall–Kier alpha value is -1.60. The van der Waals surface area contributed by atoms with Gasteiger partial charge in [0, 0.05) is 12.1 Å². The maximum Gasteiger partial charge on any atom is 0.338 e. The Morgan fingerprint density at radius 2 is 1.94 bits per heavy atom. The minimum absolute atomic E-state index is 0.120. The van der Waals surface area contributed by atoms with E-state index < -0.39 is 15.0 Å². The summed E-state index contributed by atoms with van der Waals surface area (Å²) in [6, 6.07) is 4.29. The molecule has 0 aliphatic carbocycles. The van der Waals surface area contributed by atoms with Crippen molar-refractivity contribution in [2.75, 3.05) is 5.88 Å². The Balaban J connectivity index is 3.00. The molecule has 0 radical (unpaired) electrons. The number of allylic oxidation sites excluding steroid dienone is 1. The lowest BCUT2D eigenvalue weighted by Gasteiger charge is -2.06. The van der Waals surface area contributed by atoms with E-state index in [1.165, 1.54) is 0 Å². The zero-order chi connectivity index (χ0) is 13.1. The largest absolute Gasteiger partial charge is 0.383 e.